The monoisotopic (exact) mass is 272 g/mol. The van der Waals surface area contributed by atoms with E-state index < -0.39 is 0 Å². The maximum absolute atomic E-state index is 11.2. The average Bonchev–Trinajstić information content (AvgIpc) is 2.82. The van der Waals surface area contributed by atoms with Crippen molar-refractivity contribution in [3.8, 4) is 0 Å². The topological polar surface area (TPSA) is 61.0 Å². The van der Waals surface area contributed by atoms with Crippen molar-refractivity contribution < 1.29 is 4.79 Å². The van der Waals surface area contributed by atoms with E-state index in [0.29, 0.717) is 13.1 Å². The third-order valence-corrected chi connectivity index (χ3v) is 3.12. The minimum absolute atomic E-state index is 0.0660. The molecule has 1 amide bonds. The predicted octanol–water partition coefficient (Wildman–Crippen LogP) is 2.31. The molecule has 0 saturated carbocycles. The largest absolute Gasteiger partial charge is 0.379 e. The smallest absolute Gasteiger partial charge is 0.219 e. The first-order valence-corrected chi connectivity index (χ1v) is 6.59. The van der Waals surface area contributed by atoms with Crippen molar-refractivity contribution in [2.75, 3.05) is 12.4 Å². The van der Waals surface area contributed by atoms with Crippen LogP contribution in [-0.2, 0) is 17.9 Å². The summed E-state index contributed by atoms with van der Waals surface area (Å²) in [6.45, 7) is 4.82. The normalized spacial score (nSPS) is 10.3. The van der Waals surface area contributed by atoms with Crippen LogP contribution in [0.2, 0.25) is 0 Å². The number of carbonyl (C=O) groups is 1. The van der Waals surface area contributed by atoms with Gasteiger partial charge in [-0.05, 0) is 24.6 Å². The summed E-state index contributed by atoms with van der Waals surface area (Å²) in [5, 5.41) is 3.34. The van der Waals surface area contributed by atoms with Crippen LogP contribution in [-0.4, -0.2) is 27.8 Å². The lowest BCUT2D eigenvalue weighted by atomic mass is 10.2. The molecule has 1 aromatic carbocycles. The van der Waals surface area contributed by atoms with E-state index >= 15 is 0 Å². The SMILES string of the molecule is CC(=O)N(C)Cc1cccc(NCc2cnc(C)[nH]2)c1. The van der Waals surface area contributed by atoms with E-state index in [2.05, 4.69) is 21.4 Å². The van der Waals surface area contributed by atoms with Crippen LogP contribution in [0, 0.1) is 6.92 Å². The highest BCUT2D eigenvalue weighted by Gasteiger charge is 2.04. The van der Waals surface area contributed by atoms with Crippen molar-refractivity contribution >= 4 is 11.6 Å². The Bertz CT molecular complexity index is 591. The Labute approximate surface area is 119 Å². The van der Waals surface area contributed by atoms with Crippen LogP contribution in [0.5, 0.6) is 0 Å². The molecule has 0 fully saturated rings. The Morgan fingerprint density at radius 3 is 2.90 bits per heavy atom. The van der Waals surface area contributed by atoms with Crippen molar-refractivity contribution in [3.63, 3.8) is 0 Å². The van der Waals surface area contributed by atoms with E-state index in [-0.39, 0.29) is 5.91 Å². The van der Waals surface area contributed by atoms with Gasteiger partial charge in [0.05, 0.1) is 18.4 Å². The first kappa shape index (κ1) is 14.1. The number of H-pyrrole nitrogens is 1. The Morgan fingerprint density at radius 1 is 1.45 bits per heavy atom. The van der Waals surface area contributed by atoms with Gasteiger partial charge in [-0.15, -0.1) is 0 Å². The van der Waals surface area contributed by atoms with Crippen LogP contribution in [0.25, 0.3) is 0 Å². The van der Waals surface area contributed by atoms with Crippen LogP contribution in [0.1, 0.15) is 24.0 Å². The summed E-state index contributed by atoms with van der Waals surface area (Å²) in [7, 11) is 1.80. The zero-order valence-electron chi connectivity index (χ0n) is 12.1. The van der Waals surface area contributed by atoms with Gasteiger partial charge in [0.25, 0.3) is 0 Å². The lowest BCUT2D eigenvalue weighted by Gasteiger charge is -2.15. The molecule has 20 heavy (non-hydrogen) atoms. The summed E-state index contributed by atoms with van der Waals surface area (Å²) in [4.78, 5) is 20.3. The van der Waals surface area contributed by atoms with Crippen LogP contribution in [0.3, 0.4) is 0 Å². The number of benzene rings is 1. The van der Waals surface area contributed by atoms with Crippen molar-refractivity contribution in [3.05, 3.63) is 47.5 Å². The summed E-state index contributed by atoms with van der Waals surface area (Å²) >= 11 is 0. The number of hydrogen-bond donors (Lipinski definition) is 2. The average molecular weight is 272 g/mol. The maximum atomic E-state index is 11.2. The molecule has 2 N–H and O–H groups in total. The summed E-state index contributed by atoms with van der Waals surface area (Å²) in [6, 6.07) is 8.08. The fraction of sp³-hybridized carbons (Fsp3) is 0.333. The highest BCUT2D eigenvalue weighted by Crippen LogP contribution is 2.13. The molecule has 5 nitrogen and oxygen atoms in total. The minimum Gasteiger partial charge on any atom is -0.379 e. The molecule has 2 aromatic rings. The number of anilines is 1. The number of aromatic nitrogens is 2. The molecule has 0 radical (unpaired) electrons. The molecule has 0 aliphatic rings. The van der Waals surface area contributed by atoms with Crippen LogP contribution in [0.4, 0.5) is 5.69 Å². The summed E-state index contributed by atoms with van der Waals surface area (Å²) in [5.41, 5.74) is 3.19. The quantitative estimate of drug-likeness (QED) is 0.878. The molecular weight excluding hydrogens is 252 g/mol. The standard InChI is InChI=1S/C15H20N4O/c1-11-16-8-15(18-11)9-17-14-6-4-5-13(7-14)10-19(3)12(2)20/h4-8,17H,9-10H2,1-3H3,(H,16,18). The molecule has 0 aliphatic heterocycles. The zero-order chi connectivity index (χ0) is 14.5. The molecule has 0 saturated heterocycles. The molecule has 1 heterocycles. The molecule has 0 aliphatic carbocycles. The highest BCUT2D eigenvalue weighted by molar-refractivity contribution is 5.72. The Morgan fingerprint density at radius 2 is 2.25 bits per heavy atom. The number of rotatable bonds is 5. The number of nitrogens with one attached hydrogen (secondary N) is 2. The van der Waals surface area contributed by atoms with E-state index in [1.54, 1.807) is 18.9 Å². The van der Waals surface area contributed by atoms with Gasteiger partial charge in [0, 0.05) is 26.2 Å². The van der Waals surface area contributed by atoms with Crippen molar-refractivity contribution in [2.24, 2.45) is 0 Å². The second-order valence-electron chi connectivity index (χ2n) is 4.92. The van der Waals surface area contributed by atoms with Crippen LogP contribution >= 0.6 is 0 Å². The summed E-state index contributed by atoms with van der Waals surface area (Å²) in [6.07, 6.45) is 1.83. The van der Waals surface area contributed by atoms with Gasteiger partial charge in [-0.1, -0.05) is 12.1 Å². The lowest BCUT2D eigenvalue weighted by Crippen LogP contribution is -2.23. The van der Waals surface area contributed by atoms with Crippen molar-refractivity contribution in [2.45, 2.75) is 26.9 Å². The fourth-order valence-electron chi connectivity index (χ4n) is 1.92. The molecule has 0 spiro atoms. The van der Waals surface area contributed by atoms with Crippen LogP contribution < -0.4 is 5.32 Å². The van der Waals surface area contributed by atoms with E-state index in [1.165, 1.54) is 0 Å². The van der Waals surface area contributed by atoms with E-state index in [1.807, 2.05) is 31.3 Å². The fourth-order valence-corrected chi connectivity index (χ4v) is 1.92. The molecule has 2 rings (SSSR count). The number of aromatic amines is 1. The predicted molar refractivity (Wildman–Crippen MR) is 79.2 cm³/mol. The molecule has 5 heteroatoms. The molecule has 106 valence electrons. The van der Waals surface area contributed by atoms with E-state index in [4.69, 9.17) is 0 Å². The van der Waals surface area contributed by atoms with Gasteiger partial charge >= 0.3 is 0 Å². The van der Waals surface area contributed by atoms with Gasteiger partial charge < -0.3 is 15.2 Å². The third-order valence-electron chi connectivity index (χ3n) is 3.12. The van der Waals surface area contributed by atoms with Gasteiger partial charge in [-0.25, -0.2) is 4.98 Å². The van der Waals surface area contributed by atoms with Gasteiger partial charge in [0.15, 0.2) is 0 Å². The van der Waals surface area contributed by atoms with E-state index in [0.717, 1.165) is 22.8 Å². The molecule has 0 bridgehead atoms. The molecule has 0 atom stereocenters. The number of aryl methyl sites for hydroxylation is 1. The molecule has 1 aromatic heterocycles. The van der Waals surface area contributed by atoms with Crippen molar-refractivity contribution in [1.82, 2.24) is 14.9 Å². The van der Waals surface area contributed by atoms with Gasteiger partial charge in [0.1, 0.15) is 5.82 Å². The summed E-state index contributed by atoms with van der Waals surface area (Å²) < 4.78 is 0. The first-order valence-electron chi connectivity index (χ1n) is 6.59. The van der Waals surface area contributed by atoms with Gasteiger partial charge in [-0.2, -0.15) is 0 Å². The van der Waals surface area contributed by atoms with Crippen molar-refractivity contribution in [1.29, 1.82) is 0 Å². The molecule has 0 unspecified atom stereocenters. The Kier molecular flexibility index (Phi) is 4.40. The summed E-state index contributed by atoms with van der Waals surface area (Å²) in [5.74, 6) is 0.981. The third kappa shape index (κ3) is 3.85. The number of carbonyl (C=O) groups excluding carboxylic acids is 1. The second-order valence-corrected chi connectivity index (χ2v) is 4.92. The van der Waals surface area contributed by atoms with Crippen LogP contribution in [0.15, 0.2) is 30.5 Å². The number of nitrogens with zero attached hydrogens (tertiary/aromatic N) is 2. The Hall–Kier alpha value is -2.30. The first-order chi connectivity index (χ1) is 9.54. The minimum atomic E-state index is 0.0660. The van der Waals surface area contributed by atoms with Gasteiger partial charge in [-0.3, -0.25) is 4.79 Å². The highest BCUT2D eigenvalue weighted by atomic mass is 16.2. The zero-order valence-corrected chi connectivity index (χ0v) is 12.1. The van der Waals surface area contributed by atoms with E-state index in [9.17, 15) is 4.79 Å². The second kappa shape index (κ2) is 6.23. The lowest BCUT2D eigenvalue weighted by molar-refractivity contribution is -0.128. The number of hydrogen-bond acceptors (Lipinski definition) is 3. The Balaban J connectivity index is 1.97. The number of imidazole rings is 1. The molecular formula is C15H20N4O. The number of amides is 1. The maximum Gasteiger partial charge on any atom is 0.219 e. The van der Waals surface area contributed by atoms with Gasteiger partial charge in [0.2, 0.25) is 5.91 Å².